The number of nitrogens with two attached hydrogens (primary N) is 1. The van der Waals surface area contributed by atoms with Crippen LogP contribution in [-0.4, -0.2) is 81.0 Å². The van der Waals surface area contributed by atoms with Crippen LogP contribution in [0.25, 0.3) is 0 Å². The Hall–Kier alpha value is -2.32. The molecule has 2 aliphatic heterocycles. The molecular weight excluding hydrogens is 572 g/mol. The number of sulfonamides is 1. The third-order valence-corrected chi connectivity index (χ3v) is 10.3. The molecule has 2 heterocycles. The fraction of sp³-hybridized carbons (Fsp3) is 0.645. The number of carbonyl (C=O) groups is 1. The molecule has 2 saturated heterocycles. The topological polar surface area (TPSA) is 152 Å². The Balaban J connectivity index is 1.28. The van der Waals surface area contributed by atoms with Crippen molar-refractivity contribution in [3.05, 3.63) is 59.0 Å². The maximum Gasteiger partial charge on any atom is 0.407 e. The van der Waals surface area contributed by atoms with E-state index >= 15 is 0 Å². The molecule has 4 aliphatic rings. The van der Waals surface area contributed by atoms with Gasteiger partial charge in [0, 0.05) is 36.4 Å². The van der Waals surface area contributed by atoms with E-state index in [4.69, 9.17) is 19.9 Å². The van der Waals surface area contributed by atoms with Crippen LogP contribution in [0.5, 0.6) is 0 Å². The number of hydrazine groups is 1. The summed E-state index contributed by atoms with van der Waals surface area (Å²) in [6.45, 7) is 7.25. The fourth-order valence-electron chi connectivity index (χ4n) is 6.40. The number of ether oxygens (including phenoxy) is 3. The number of benzene rings is 1. The lowest BCUT2D eigenvalue weighted by Gasteiger charge is -2.32. The molecule has 5 N–H and O–H groups in total. The van der Waals surface area contributed by atoms with Crippen LogP contribution in [0.3, 0.4) is 0 Å². The van der Waals surface area contributed by atoms with E-state index in [0.717, 1.165) is 12.0 Å². The second kappa shape index (κ2) is 13.4. The van der Waals surface area contributed by atoms with Gasteiger partial charge in [0.05, 0.1) is 30.3 Å². The molecule has 0 spiro atoms. The van der Waals surface area contributed by atoms with E-state index in [2.05, 4.69) is 10.1 Å². The number of hydrogen-bond donors (Lipinski definition) is 4. The van der Waals surface area contributed by atoms with Crippen LogP contribution in [0.15, 0.2) is 53.5 Å². The van der Waals surface area contributed by atoms with Crippen molar-refractivity contribution in [2.75, 3.05) is 26.3 Å². The molecule has 3 fully saturated rings. The predicted octanol–water partition coefficient (Wildman–Crippen LogP) is 2.44. The van der Waals surface area contributed by atoms with Crippen molar-refractivity contribution in [3.63, 3.8) is 0 Å². The molecule has 0 aromatic heterocycles. The minimum absolute atomic E-state index is 0.0462. The zero-order chi connectivity index (χ0) is 30.8. The number of nitrogens with zero attached hydrogens (tertiary/aromatic N) is 1. The summed E-state index contributed by atoms with van der Waals surface area (Å²) in [5.41, 5.74) is 6.43. The summed E-state index contributed by atoms with van der Waals surface area (Å²) in [4.78, 5) is 16.1. The van der Waals surface area contributed by atoms with Gasteiger partial charge in [0.1, 0.15) is 6.10 Å². The lowest BCUT2D eigenvalue weighted by atomic mass is 9.95. The molecule has 43 heavy (non-hydrogen) atoms. The molecule has 2 aliphatic carbocycles. The summed E-state index contributed by atoms with van der Waals surface area (Å²) in [5.74, 6) is 0.761. The third-order valence-electron chi connectivity index (χ3n) is 8.91. The molecule has 11 nitrogen and oxygen atoms in total. The molecule has 1 amide bonds. The second-order valence-electron chi connectivity index (χ2n) is 13.1. The largest absolute Gasteiger partial charge is 0.445 e. The van der Waals surface area contributed by atoms with Gasteiger partial charge in [0.2, 0.25) is 0 Å². The highest BCUT2D eigenvalue weighted by atomic mass is 32.2. The number of aliphatic hydroxyl groups is 1. The maximum absolute atomic E-state index is 13.3. The molecule has 1 aromatic carbocycles. The molecule has 8 atom stereocenters. The van der Waals surface area contributed by atoms with E-state index < -0.39 is 33.8 Å². The van der Waals surface area contributed by atoms with Gasteiger partial charge in [-0.1, -0.05) is 56.3 Å². The first-order chi connectivity index (χ1) is 20.4. The fourth-order valence-corrected chi connectivity index (χ4v) is 7.56. The highest BCUT2D eigenvalue weighted by Gasteiger charge is 2.56. The number of fused-ring (bicyclic) bond motifs is 1. The summed E-state index contributed by atoms with van der Waals surface area (Å²) in [6.07, 6.45) is 4.87. The Kier molecular flexibility index (Phi) is 9.96. The Morgan fingerprint density at radius 2 is 1.95 bits per heavy atom. The van der Waals surface area contributed by atoms with Gasteiger partial charge in [0.15, 0.2) is 6.29 Å². The summed E-state index contributed by atoms with van der Waals surface area (Å²) in [5, 5.41) is 15.9. The maximum atomic E-state index is 13.3. The lowest BCUT2D eigenvalue weighted by molar-refractivity contribution is -0.169. The van der Waals surface area contributed by atoms with Crippen molar-refractivity contribution in [2.24, 2.45) is 29.4 Å². The zero-order valence-corrected chi connectivity index (χ0v) is 26.0. The normalized spacial score (nSPS) is 31.2. The molecule has 1 aromatic rings. The van der Waals surface area contributed by atoms with Crippen LogP contribution in [0.4, 0.5) is 4.79 Å². The van der Waals surface area contributed by atoms with E-state index in [1.54, 1.807) is 12.2 Å². The monoisotopic (exact) mass is 618 g/mol. The first kappa shape index (κ1) is 32.1. The van der Waals surface area contributed by atoms with Crippen molar-refractivity contribution in [1.82, 2.24) is 15.2 Å². The van der Waals surface area contributed by atoms with E-state index in [1.165, 1.54) is 11.1 Å². The number of carbonyl (C=O) groups excluding carboxylic acids is 1. The average molecular weight is 619 g/mol. The predicted molar refractivity (Wildman–Crippen MR) is 162 cm³/mol. The Morgan fingerprint density at radius 1 is 1.21 bits per heavy atom. The van der Waals surface area contributed by atoms with Crippen LogP contribution in [0.2, 0.25) is 0 Å². The number of rotatable bonds is 13. The molecule has 12 heteroatoms. The van der Waals surface area contributed by atoms with Crippen molar-refractivity contribution >= 4 is 16.1 Å². The molecule has 2 bridgehead atoms. The lowest BCUT2D eigenvalue weighted by Crippen LogP contribution is -2.54. The Bertz CT molecular complexity index is 1290. The van der Waals surface area contributed by atoms with E-state index in [0.29, 0.717) is 44.9 Å². The number of aliphatic hydroxyl groups excluding tert-OH is 1. The number of alkyl carbamates (subject to hydrolysis) is 1. The quantitative estimate of drug-likeness (QED) is 0.244. The van der Waals surface area contributed by atoms with Gasteiger partial charge in [-0.05, 0) is 50.2 Å². The Morgan fingerprint density at radius 3 is 2.65 bits per heavy atom. The summed E-state index contributed by atoms with van der Waals surface area (Å²) < 4.78 is 44.1. The molecule has 0 radical (unpaired) electrons. The third kappa shape index (κ3) is 8.05. The number of nitrogens with one attached hydrogen (secondary N) is 2. The van der Waals surface area contributed by atoms with Gasteiger partial charge < -0.3 is 30.4 Å². The van der Waals surface area contributed by atoms with Crippen LogP contribution >= 0.6 is 0 Å². The van der Waals surface area contributed by atoms with Crippen molar-refractivity contribution in [2.45, 2.75) is 76.5 Å². The van der Waals surface area contributed by atoms with Crippen LogP contribution in [0.1, 0.15) is 45.6 Å². The first-order valence-corrected chi connectivity index (χ1v) is 16.8. The van der Waals surface area contributed by atoms with Crippen LogP contribution in [0, 0.1) is 23.7 Å². The molecule has 238 valence electrons. The summed E-state index contributed by atoms with van der Waals surface area (Å²) >= 11 is 0. The molecular formula is C31H46N4O7S. The Labute approximate surface area is 254 Å². The second-order valence-corrected chi connectivity index (χ2v) is 14.8. The SMILES string of the molecule is CC(C)CCN(C[C@@H](O)[C@H](Cc1ccccc1)NC(=O)O[C@H]1C2CO[C@@H]3OCC1C3C2)NS(=O)(=O)C1=CCC(C)(N)C=C1. The molecule has 1 saturated carbocycles. The molecule has 5 rings (SSSR count). The zero-order valence-electron chi connectivity index (χ0n) is 25.2. The highest BCUT2D eigenvalue weighted by molar-refractivity contribution is 7.93. The van der Waals surface area contributed by atoms with E-state index in [9.17, 15) is 18.3 Å². The van der Waals surface area contributed by atoms with Gasteiger partial charge in [-0.15, -0.1) is 4.83 Å². The molecule has 4 unspecified atom stereocenters. The van der Waals surface area contributed by atoms with Crippen molar-refractivity contribution in [3.8, 4) is 0 Å². The summed E-state index contributed by atoms with van der Waals surface area (Å²) in [6, 6.07) is 8.80. The first-order valence-electron chi connectivity index (χ1n) is 15.3. The number of amides is 1. The number of hydrogen-bond acceptors (Lipinski definition) is 9. The minimum Gasteiger partial charge on any atom is -0.445 e. The minimum atomic E-state index is -3.92. The van der Waals surface area contributed by atoms with Gasteiger partial charge in [0.25, 0.3) is 10.0 Å². The average Bonchev–Trinajstić information content (AvgIpc) is 3.48. The van der Waals surface area contributed by atoms with E-state index in [-0.39, 0.29) is 41.6 Å². The van der Waals surface area contributed by atoms with Crippen molar-refractivity contribution < 1.29 is 32.5 Å². The van der Waals surface area contributed by atoms with Crippen LogP contribution in [-0.2, 0) is 30.7 Å². The van der Waals surface area contributed by atoms with Gasteiger partial charge in [-0.25, -0.2) is 18.2 Å². The van der Waals surface area contributed by atoms with Gasteiger partial charge >= 0.3 is 6.09 Å². The van der Waals surface area contributed by atoms with Gasteiger partial charge in [-0.3, -0.25) is 0 Å². The summed E-state index contributed by atoms with van der Waals surface area (Å²) in [7, 11) is -3.92. The van der Waals surface area contributed by atoms with Gasteiger partial charge in [-0.2, -0.15) is 0 Å². The highest BCUT2D eigenvalue weighted by Crippen LogP contribution is 2.49. The standard InChI is InChI=1S/C31H46N4O7S/c1-20(2)11-14-35(34-43(38,39)23-9-12-31(3,32)13-10-23)17-27(36)26(15-21-7-5-4-6-8-21)33-30(37)42-28-22-16-24-25(28)19-41-29(24)40-18-22/h4-10,12,20,22,24-29,34,36H,11,13-19,32H2,1-3H3,(H,33,37)/t22?,24?,25?,26-,27+,28-,29+,31?/m0/s1. The smallest absolute Gasteiger partial charge is 0.407 e. The van der Waals surface area contributed by atoms with E-state index in [1.807, 2.05) is 51.1 Å². The van der Waals surface area contributed by atoms with Crippen LogP contribution < -0.4 is 15.9 Å². The van der Waals surface area contributed by atoms with Crippen molar-refractivity contribution in [1.29, 1.82) is 0 Å². The number of allylic oxidation sites excluding steroid dienone is 1.